The summed E-state index contributed by atoms with van der Waals surface area (Å²) in [5.41, 5.74) is 5.33. The number of rotatable bonds is 5. The standard InChI is InChI=1S/C11H15ClN4O2/c1-18-11(3-2-4-11)6-14-10-7(9(13)17)5-8(12)15-16-10/h5H,2-4,6H2,1H3,(H2,13,17)(H,14,16). The number of methoxy groups -OCH3 is 1. The minimum Gasteiger partial charge on any atom is -0.376 e. The number of nitrogens with two attached hydrogens (primary N) is 1. The Bertz CT molecular complexity index is 457. The zero-order chi connectivity index (χ0) is 13.2. The number of nitrogens with one attached hydrogen (secondary N) is 1. The van der Waals surface area contributed by atoms with Gasteiger partial charge in [0.25, 0.3) is 5.91 Å². The van der Waals surface area contributed by atoms with Crippen molar-refractivity contribution in [3.8, 4) is 0 Å². The SMILES string of the molecule is COC1(CNc2nnc(Cl)cc2C(N)=O)CCC1. The van der Waals surface area contributed by atoms with Gasteiger partial charge in [0, 0.05) is 13.7 Å². The highest BCUT2D eigenvalue weighted by atomic mass is 35.5. The highest BCUT2D eigenvalue weighted by Gasteiger charge is 2.37. The van der Waals surface area contributed by atoms with E-state index in [4.69, 9.17) is 22.1 Å². The summed E-state index contributed by atoms with van der Waals surface area (Å²) in [4.78, 5) is 11.3. The van der Waals surface area contributed by atoms with E-state index in [0.717, 1.165) is 19.3 Å². The molecule has 0 spiro atoms. The second-order valence-corrected chi connectivity index (χ2v) is 4.78. The average molecular weight is 271 g/mol. The Kier molecular flexibility index (Phi) is 3.68. The van der Waals surface area contributed by atoms with Gasteiger partial charge in [-0.1, -0.05) is 11.6 Å². The number of aromatic nitrogens is 2. The van der Waals surface area contributed by atoms with Crippen LogP contribution >= 0.6 is 11.6 Å². The first-order chi connectivity index (χ1) is 8.56. The molecule has 3 N–H and O–H groups in total. The molecular weight excluding hydrogens is 256 g/mol. The summed E-state index contributed by atoms with van der Waals surface area (Å²) in [6.07, 6.45) is 3.12. The minimum atomic E-state index is -0.589. The van der Waals surface area contributed by atoms with Crippen LogP contribution in [0.1, 0.15) is 29.6 Å². The lowest BCUT2D eigenvalue weighted by atomic mass is 9.80. The molecule has 0 aromatic carbocycles. The van der Waals surface area contributed by atoms with Gasteiger partial charge in [-0.2, -0.15) is 0 Å². The number of hydrogen-bond acceptors (Lipinski definition) is 5. The smallest absolute Gasteiger partial charge is 0.252 e. The summed E-state index contributed by atoms with van der Waals surface area (Å²) in [5.74, 6) is -0.246. The third-order valence-corrected chi connectivity index (χ3v) is 3.49. The Morgan fingerprint density at radius 1 is 1.61 bits per heavy atom. The Hall–Kier alpha value is -1.40. The maximum absolute atomic E-state index is 11.3. The molecule has 1 fully saturated rings. The molecule has 0 radical (unpaired) electrons. The van der Waals surface area contributed by atoms with Crippen LogP contribution in [-0.4, -0.2) is 35.4 Å². The van der Waals surface area contributed by atoms with Crippen molar-refractivity contribution >= 4 is 23.3 Å². The zero-order valence-corrected chi connectivity index (χ0v) is 10.8. The quantitative estimate of drug-likeness (QED) is 0.839. The Morgan fingerprint density at radius 3 is 2.83 bits per heavy atom. The van der Waals surface area contributed by atoms with E-state index in [1.807, 2.05) is 0 Å². The van der Waals surface area contributed by atoms with Gasteiger partial charge in [-0.05, 0) is 25.3 Å². The molecule has 1 aliphatic rings. The zero-order valence-electron chi connectivity index (χ0n) is 10.1. The predicted molar refractivity (Wildman–Crippen MR) is 67.6 cm³/mol. The number of halogens is 1. The van der Waals surface area contributed by atoms with E-state index in [1.165, 1.54) is 6.07 Å². The largest absolute Gasteiger partial charge is 0.376 e. The van der Waals surface area contributed by atoms with Crippen LogP contribution in [-0.2, 0) is 4.74 Å². The first kappa shape index (κ1) is 13.0. The van der Waals surface area contributed by atoms with Gasteiger partial charge < -0.3 is 15.8 Å². The topological polar surface area (TPSA) is 90.1 Å². The van der Waals surface area contributed by atoms with Crippen LogP contribution in [0.5, 0.6) is 0 Å². The number of amides is 1. The van der Waals surface area contributed by atoms with E-state index >= 15 is 0 Å². The molecule has 0 atom stereocenters. The van der Waals surface area contributed by atoms with Gasteiger partial charge in [-0.3, -0.25) is 4.79 Å². The van der Waals surface area contributed by atoms with Crippen LogP contribution in [0, 0.1) is 0 Å². The number of ether oxygens (including phenoxy) is 1. The van der Waals surface area contributed by atoms with Crippen LogP contribution in [0.2, 0.25) is 5.15 Å². The second kappa shape index (κ2) is 5.07. The van der Waals surface area contributed by atoms with Crippen LogP contribution in [0.3, 0.4) is 0 Å². The van der Waals surface area contributed by atoms with Gasteiger partial charge in [0.1, 0.15) is 0 Å². The lowest BCUT2D eigenvalue weighted by molar-refractivity contribution is -0.0601. The van der Waals surface area contributed by atoms with Crippen LogP contribution in [0.15, 0.2) is 6.07 Å². The van der Waals surface area contributed by atoms with Crippen molar-refractivity contribution in [3.05, 3.63) is 16.8 Å². The molecule has 2 rings (SSSR count). The highest BCUT2D eigenvalue weighted by Crippen LogP contribution is 2.35. The fourth-order valence-corrected chi connectivity index (χ4v) is 2.10. The molecule has 1 heterocycles. The summed E-state index contributed by atoms with van der Waals surface area (Å²) in [5, 5.41) is 10.7. The fraction of sp³-hybridized carbons (Fsp3) is 0.545. The maximum atomic E-state index is 11.3. The van der Waals surface area contributed by atoms with Crippen molar-refractivity contribution in [3.63, 3.8) is 0 Å². The van der Waals surface area contributed by atoms with Crippen LogP contribution in [0.25, 0.3) is 0 Å². The van der Waals surface area contributed by atoms with Crippen molar-refractivity contribution in [1.82, 2.24) is 10.2 Å². The summed E-state index contributed by atoms with van der Waals surface area (Å²) in [6.45, 7) is 0.570. The van der Waals surface area contributed by atoms with Crippen molar-refractivity contribution in [2.45, 2.75) is 24.9 Å². The highest BCUT2D eigenvalue weighted by molar-refractivity contribution is 6.29. The minimum absolute atomic E-state index is 0.138. The molecule has 0 saturated heterocycles. The molecule has 1 saturated carbocycles. The summed E-state index contributed by atoms with van der Waals surface area (Å²) in [6, 6.07) is 1.40. The van der Waals surface area contributed by atoms with Crippen molar-refractivity contribution in [1.29, 1.82) is 0 Å². The van der Waals surface area contributed by atoms with Crippen LogP contribution < -0.4 is 11.1 Å². The first-order valence-corrected chi connectivity index (χ1v) is 6.06. The molecule has 98 valence electrons. The average Bonchev–Trinajstić information content (AvgIpc) is 2.29. The Morgan fingerprint density at radius 2 is 2.33 bits per heavy atom. The monoisotopic (exact) mass is 270 g/mol. The Labute approximate surface area is 110 Å². The van der Waals surface area contributed by atoms with Gasteiger partial charge >= 0.3 is 0 Å². The molecule has 0 bridgehead atoms. The molecule has 7 heteroatoms. The van der Waals surface area contributed by atoms with E-state index in [2.05, 4.69) is 15.5 Å². The molecule has 0 aliphatic heterocycles. The summed E-state index contributed by atoms with van der Waals surface area (Å²) in [7, 11) is 1.68. The maximum Gasteiger partial charge on any atom is 0.252 e. The molecule has 1 aromatic heterocycles. The summed E-state index contributed by atoms with van der Waals surface area (Å²) >= 11 is 5.68. The number of carbonyl (C=O) groups is 1. The fourth-order valence-electron chi connectivity index (χ4n) is 1.96. The molecule has 0 unspecified atom stereocenters. The molecule has 1 amide bonds. The van der Waals surface area contributed by atoms with Crippen molar-refractivity contribution in [2.75, 3.05) is 19.0 Å². The predicted octanol–water partition coefficient (Wildman–Crippen LogP) is 1.21. The molecular formula is C11H15ClN4O2. The van der Waals surface area contributed by atoms with Crippen molar-refractivity contribution < 1.29 is 9.53 Å². The molecule has 1 aliphatic carbocycles. The van der Waals surface area contributed by atoms with E-state index < -0.39 is 5.91 Å². The van der Waals surface area contributed by atoms with E-state index in [0.29, 0.717) is 12.4 Å². The van der Waals surface area contributed by atoms with Crippen molar-refractivity contribution in [2.24, 2.45) is 5.73 Å². The lowest BCUT2D eigenvalue weighted by Crippen LogP contribution is -2.45. The first-order valence-electron chi connectivity index (χ1n) is 5.68. The van der Waals surface area contributed by atoms with Gasteiger partial charge in [-0.15, -0.1) is 10.2 Å². The van der Waals surface area contributed by atoms with Gasteiger partial charge in [0.05, 0.1) is 11.2 Å². The van der Waals surface area contributed by atoms with E-state index in [-0.39, 0.29) is 16.3 Å². The third-order valence-electron chi connectivity index (χ3n) is 3.31. The van der Waals surface area contributed by atoms with E-state index in [1.54, 1.807) is 7.11 Å². The number of carbonyl (C=O) groups excluding carboxylic acids is 1. The normalized spacial score (nSPS) is 17.0. The summed E-state index contributed by atoms with van der Waals surface area (Å²) < 4.78 is 5.47. The molecule has 1 aromatic rings. The molecule has 18 heavy (non-hydrogen) atoms. The Balaban J connectivity index is 2.11. The molecule has 6 nitrogen and oxygen atoms in total. The lowest BCUT2D eigenvalue weighted by Gasteiger charge is -2.40. The van der Waals surface area contributed by atoms with Crippen LogP contribution in [0.4, 0.5) is 5.82 Å². The van der Waals surface area contributed by atoms with Gasteiger partial charge in [-0.25, -0.2) is 0 Å². The second-order valence-electron chi connectivity index (χ2n) is 4.39. The third kappa shape index (κ3) is 2.54. The van der Waals surface area contributed by atoms with E-state index in [9.17, 15) is 4.79 Å². The number of hydrogen-bond donors (Lipinski definition) is 2. The number of anilines is 1. The van der Waals surface area contributed by atoms with Gasteiger partial charge in [0.2, 0.25) is 0 Å². The number of nitrogens with zero attached hydrogens (tertiary/aromatic N) is 2. The van der Waals surface area contributed by atoms with Gasteiger partial charge in [0.15, 0.2) is 11.0 Å². The number of primary amides is 1.